The van der Waals surface area contributed by atoms with Crippen LogP contribution in [0.4, 0.5) is 0 Å². The van der Waals surface area contributed by atoms with Crippen molar-refractivity contribution in [3.05, 3.63) is 31.8 Å². The van der Waals surface area contributed by atoms with Crippen molar-refractivity contribution in [1.29, 1.82) is 0 Å². The average molecular weight is 235 g/mol. The Morgan fingerprint density at radius 1 is 1.75 bits per heavy atom. The lowest BCUT2D eigenvalue weighted by Crippen LogP contribution is -1.89. The lowest BCUT2D eigenvalue weighted by molar-refractivity contribution is 0.0702. The third-order valence-electron chi connectivity index (χ3n) is 1.73. The largest absolute Gasteiger partial charge is 0.477 e. The second-order valence-electron chi connectivity index (χ2n) is 2.93. The van der Waals surface area contributed by atoms with Crippen LogP contribution in [0.5, 0.6) is 0 Å². The Morgan fingerprint density at radius 2 is 2.50 bits per heavy atom. The normalized spacial score (nSPS) is 8.81. The predicted octanol–water partition coefficient (Wildman–Crippen LogP) is 2.81. The van der Waals surface area contributed by atoms with Crippen LogP contribution in [-0.2, 0) is 0 Å². The Labute approximate surface area is 96.4 Å². The van der Waals surface area contributed by atoms with Gasteiger partial charge < -0.3 is 5.11 Å². The monoisotopic (exact) mass is 235 g/mol. The first-order valence-corrected chi connectivity index (χ1v) is 5.30. The molecule has 0 saturated heterocycles. The number of carboxylic acids is 1. The third-order valence-corrected chi connectivity index (χ3v) is 2.87. The van der Waals surface area contributed by atoms with Gasteiger partial charge in [0.1, 0.15) is 4.88 Å². The summed E-state index contributed by atoms with van der Waals surface area (Å²) in [4.78, 5) is 14.3. The van der Waals surface area contributed by atoms with Crippen LogP contribution in [0.1, 0.15) is 26.5 Å². The number of hydrogen-bond donors (Lipinski definition) is 1. The van der Waals surface area contributed by atoms with Gasteiger partial charge in [-0.15, -0.1) is 11.3 Å². The van der Waals surface area contributed by atoms with E-state index in [4.69, 9.17) is 10.6 Å². The number of carboxylic acid groups (broad SMARTS) is 1. The molecule has 0 aliphatic carbocycles. The maximum Gasteiger partial charge on any atom is 0.345 e. The minimum absolute atomic E-state index is 0.289. The van der Waals surface area contributed by atoms with E-state index in [1.807, 2.05) is 6.92 Å². The van der Waals surface area contributed by atoms with Crippen molar-refractivity contribution in [2.24, 2.45) is 5.11 Å². The SMILES string of the molecule is Cc1cc(C(=O)O)sc1C#CCCN=[N+]=[N-]. The summed E-state index contributed by atoms with van der Waals surface area (Å²) < 4.78 is 0. The molecule has 1 rings (SSSR count). The van der Waals surface area contributed by atoms with Crippen LogP contribution in [0, 0.1) is 18.8 Å². The van der Waals surface area contributed by atoms with Crippen LogP contribution in [0.3, 0.4) is 0 Å². The average Bonchev–Trinajstić information content (AvgIpc) is 2.60. The molecular weight excluding hydrogens is 226 g/mol. The van der Waals surface area contributed by atoms with E-state index in [9.17, 15) is 4.79 Å². The predicted molar refractivity (Wildman–Crippen MR) is 61.5 cm³/mol. The van der Waals surface area contributed by atoms with Gasteiger partial charge >= 0.3 is 5.97 Å². The van der Waals surface area contributed by atoms with Crippen LogP contribution in [0.15, 0.2) is 11.2 Å². The Balaban J connectivity index is 2.73. The summed E-state index contributed by atoms with van der Waals surface area (Å²) in [7, 11) is 0. The molecule has 0 aliphatic heterocycles. The first-order chi connectivity index (χ1) is 7.65. The summed E-state index contributed by atoms with van der Waals surface area (Å²) in [6.45, 7) is 2.15. The Kier molecular flexibility index (Phi) is 4.40. The summed E-state index contributed by atoms with van der Waals surface area (Å²) in [5.41, 5.74) is 8.90. The second-order valence-corrected chi connectivity index (χ2v) is 3.99. The number of carbonyl (C=O) groups is 1. The van der Waals surface area contributed by atoms with E-state index < -0.39 is 5.97 Å². The van der Waals surface area contributed by atoms with Crippen molar-refractivity contribution in [3.63, 3.8) is 0 Å². The standard InChI is InChI=1S/C10H9N3O2S/c1-7-6-9(10(14)15)16-8(7)4-2-3-5-12-13-11/h6H,3,5H2,1H3,(H,14,15). The molecule has 0 spiro atoms. The zero-order valence-corrected chi connectivity index (χ0v) is 9.41. The first kappa shape index (κ1) is 12.1. The highest BCUT2D eigenvalue weighted by Gasteiger charge is 2.08. The van der Waals surface area contributed by atoms with E-state index in [2.05, 4.69) is 21.9 Å². The van der Waals surface area contributed by atoms with E-state index in [0.29, 0.717) is 13.0 Å². The van der Waals surface area contributed by atoms with Crippen LogP contribution in [-0.4, -0.2) is 17.6 Å². The van der Waals surface area contributed by atoms with Gasteiger partial charge in [-0.25, -0.2) is 4.79 Å². The Morgan fingerprint density at radius 3 is 3.06 bits per heavy atom. The van der Waals surface area contributed by atoms with Crippen molar-refractivity contribution < 1.29 is 9.90 Å². The first-order valence-electron chi connectivity index (χ1n) is 4.48. The molecule has 0 saturated carbocycles. The lowest BCUT2D eigenvalue weighted by atomic mass is 10.2. The van der Waals surface area contributed by atoms with Crippen LogP contribution in [0.25, 0.3) is 10.4 Å². The van der Waals surface area contributed by atoms with E-state index in [1.54, 1.807) is 6.07 Å². The molecule has 0 bridgehead atoms. The third kappa shape index (κ3) is 3.31. The second kappa shape index (κ2) is 5.81. The molecule has 0 fully saturated rings. The van der Waals surface area contributed by atoms with Crippen LogP contribution >= 0.6 is 11.3 Å². The number of rotatable bonds is 3. The molecule has 0 aliphatic rings. The van der Waals surface area contributed by atoms with Gasteiger partial charge in [0.15, 0.2) is 0 Å². The van der Waals surface area contributed by atoms with Crippen molar-refractivity contribution in [2.45, 2.75) is 13.3 Å². The van der Waals surface area contributed by atoms with Crippen LogP contribution in [0.2, 0.25) is 0 Å². The smallest absolute Gasteiger partial charge is 0.345 e. The summed E-state index contributed by atoms with van der Waals surface area (Å²) in [5, 5.41) is 12.1. The number of aryl methyl sites for hydroxylation is 1. The molecule has 1 aromatic rings. The molecule has 1 heterocycles. The fourth-order valence-electron chi connectivity index (χ4n) is 1.00. The zero-order chi connectivity index (χ0) is 12.0. The molecule has 6 heteroatoms. The molecule has 1 aromatic heterocycles. The minimum Gasteiger partial charge on any atom is -0.477 e. The maximum absolute atomic E-state index is 10.7. The van der Waals surface area contributed by atoms with Crippen molar-refractivity contribution in [3.8, 4) is 11.8 Å². The Hall–Kier alpha value is -1.96. The van der Waals surface area contributed by atoms with E-state index in [-0.39, 0.29) is 4.88 Å². The van der Waals surface area contributed by atoms with Crippen molar-refractivity contribution >= 4 is 17.3 Å². The number of hydrogen-bond acceptors (Lipinski definition) is 3. The summed E-state index contributed by atoms with van der Waals surface area (Å²) in [6, 6.07) is 1.60. The van der Waals surface area contributed by atoms with Gasteiger partial charge in [-0.3, -0.25) is 0 Å². The van der Waals surface area contributed by atoms with E-state index in [0.717, 1.165) is 21.8 Å². The molecule has 1 N–H and O–H groups in total. The number of thiophene rings is 1. The van der Waals surface area contributed by atoms with Gasteiger partial charge in [0.05, 0.1) is 4.88 Å². The molecule has 0 atom stereocenters. The molecule has 0 aromatic carbocycles. The lowest BCUT2D eigenvalue weighted by Gasteiger charge is -1.83. The molecule has 5 nitrogen and oxygen atoms in total. The van der Waals surface area contributed by atoms with E-state index >= 15 is 0 Å². The Bertz CT molecular complexity index is 504. The molecule has 0 unspecified atom stereocenters. The number of aromatic carboxylic acids is 1. The summed E-state index contributed by atoms with van der Waals surface area (Å²) >= 11 is 1.15. The minimum atomic E-state index is -0.935. The van der Waals surface area contributed by atoms with Gasteiger partial charge in [0, 0.05) is 17.9 Å². The fraction of sp³-hybridized carbons (Fsp3) is 0.300. The van der Waals surface area contributed by atoms with Gasteiger partial charge in [0.25, 0.3) is 0 Å². The van der Waals surface area contributed by atoms with Crippen molar-refractivity contribution in [1.82, 2.24) is 0 Å². The number of nitrogens with zero attached hydrogens (tertiary/aromatic N) is 3. The summed E-state index contributed by atoms with van der Waals surface area (Å²) in [6.07, 6.45) is 0.476. The highest BCUT2D eigenvalue weighted by atomic mass is 32.1. The molecule has 0 amide bonds. The highest BCUT2D eigenvalue weighted by molar-refractivity contribution is 7.14. The van der Waals surface area contributed by atoms with Crippen molar-refractivity contribution in [2.75, 3.05) is 6.54 Å². The fourth-order valence-corrected chi connectivity index (χ4v) is 1.89. The summed E-state index contributed by atoms with van der Waals surface area (Å²) in [5.74, 6) is 4.77. The van der Waals surface area contributed by atoms with Gasteiger partial charge in [-0.1, -0.05) is 17.0 Å². The van der Waals surface area contributed by atoms with E-state index in [1.165, 1.54) is 0 Å². The molecule has 82 valence electrons. The van der Waals surface area contributed by atoms with Gasteiger partial charge in [-0.05, 0) is 24.1 Å². The van der Waals surface area contributed by atoms with Crippen LogP contribution < -0.4 is 0 Å². The zero-order valence-electron chi connectivity index (χ0n) is 8.60. The molecule has 0 radical (unpaired) electrons. The maximum atomic E-state index is 10.7. The highest BCUT2D eigenvalue weighted by Crippen LogP contribution is 2.20. The molecular formula is C10H9N3O2S. The van der Waals surface area contributed by atoms with Gasteiger partial charge in [-0.2, -0.15) is 0 Å². The topological polar surface area (TPSA) is 86.1 Å². The van der Waals surface area contributed by atoms with Gasteiger partial charge in [0.2, 0.25) is 0 Å². The number of azide groups is 1. The quantitative estimate of drug-likeness (QED) is 0.287. The molecule has 16 heavy (non-hydrogen) atoms.